The van der Waals surface area contributed by atoms with E-state index in [2.05, 4.69) is 31.8 Å². The molecule has 0 amide bonds. The highest BCUT2D eigenvalue weighted by atomic mass is 35.5. The van der Waals surface area contributed by atoms with Gasteiger partial charge in [-0.3, -0.25) is 0 Å². The minimum absolute atomic E-state index is 0.312. The number of hydrogen-bond donors (Lipinski definition) is 1. The van der Waals surface area contributed by atoms with Crippen LogP contribution in [-0.4, -0.2) is 6.54 Å². The van der Waals surface area contributed by atoms with Gasteiger partial charge in [-0.1, -0.05) is 42.8 Å². The van der Waals surface area contributed by atoms with Gasteiger partial charge in [0.1, 0.15) is 0 Å². The van der Waals surface area contributed by atoms with Crippen LogP contribution in [0.1, 0.15) is 31.9 Å². The highest BCUT2D eigenvalue weighted by molar-refractivity contribution is 6.30. The second kappa shape index (κ2) is 5.94. The summed E-state index contributed by atoms with van der Waals surface area (Å²) in [6.07, 6.45) is 1.02. The Morgan fingerprint density at radius 3 is 2.87 bits per heavy atom. The van der Waals surface area contributed by atoms with Crippen LogP contribution in [0.5, 0.6) is 0 Å². The standard InChI is InChI=1S/C13H18ClN/c1-4-10(2)9-15-11(3)12-6-5-7-13(14)8-12/h5-8,11,15H,2,4,9H2,1,3H3. The van der Waals surface area contributed by atoms with Crippen LogP contribution in [0.2, 0.25) is 5.02 Å². The van der Waals surface area contributed by atoms with Gasteiger partial charge in [0.15, 0.2) is 0 Å². The topological polar surface area (TPSA) is 12.0 Å². The second-order valence-corrected chi connectivity index (χ2v) is 4.20. The van der Waals surface area contributed by atoms with E-state index < -0.39 is 0 Å². The summed E-state index contributed by atoms with van der Waals surface area (Å²) >= 11 is 5.93. The zero-order chi connectivity index (χ0) is 11.3. The molecule has 0 aliphatic heterocycles. The highest BCUT2D eigenvalue weighted by Crippen LogP contribution is 2.17. The smallest absolute Gasteiger partial charge is 0.0409 e. The lowest BCUT2D eigenvalue weighted by atomic mass is 10.1. The Balaban J connectivity index is 2.53. The quantitative estimate of drug-likeness (QED) is 0.746. The normalized spacial score (nSPS) is 12.5. The van der Waals surface area contributed by atoms with Crippen LogP contribution in [0.25, 0.3) is 0 Å². The molecule has 2 heteroatoms. The Morgan fingerprint density at radius 1 is 1.53 bits per heavy atom. The molecule has 1 aromatic rings. The number of halogens is 1. The van der Waals surface area contributed by atoms with Crippen LogP contribution in [-0.2, 0) is 0 Å². The zero-order valence-electron chi connectivity index (χ0n) is 9.39. The Hall–Kier alpha value is -0.790. The summed E-state index contributed by atoms with van der Waals surface area (Å²) in [6, 6.07) is 8.26. The lowest BCUT2D eigenvalue weighted by Gasteiger charge is -2.15. The van der Waals surface area contributed by atoms with Crippen molar-refractivity contribution in [1.82, 2.24) is 5.32 Å². The molecule has 0 heterocycles. The summed E-state index contributed by atoms with van der Waals surface area (Å²) in [5.41, 5.74) is 2.44. The summed E-state index contributed by atoms with van der Waals surface area (Å²) in [5, 5.41) is 4.21. The SMILES string of the molecule is C=C(CC)CNC(C)c1cccc(Cl)c1. The Bertz CT molecular complexity index is 333. The monoisotopic (exact) mass is 223 g/mol. The predicted octanol–water partition coefficient (Wildman–Crippen LogP) is 3.96. The molecular weight excluding hydrogens is 206 g/mol. The molecule has 0 spiro atoms. The molecule has 1 aromatic carbocycles. The van der Waals surface area contributed by atoms with Crippen molar-refractivity contribution in [2.75, 3.05) is 6.54 Å². The van der Waals surface area contributed by atoms with Crippen molar-refractivity contribution in [3.63, 3.8) is 0 Å². The molecule has 82 valence electrons. The third-order valence-electron chi connectivity index (χ3n) is 2.51. The van der Waals surface area contributed by atoms with Crippen LogP contribution in [0, 0.1) is 0 Å². The van der Waals surface area contributed by atoms with Gasteiger partial charge in [0, 0.05) is 17.6 Å². The van der Waals surface area contributed by atoms with E-state index in [1.165, 1.54) is 11.1 Å². The average Bonchev–Trinajstić information content (AvgIpc) is 2.25. The maximum atomic E-state index is 5.93. The maximum absolute atomic E-state index is 5.93. The summed E-state index contributed by atoms with van der Waals surface area (Å²) < 4.78 is 0. The van der Waals surface area contributed by atoms with Crippen LogP contribution in [0.4, 0.5) is 0 Å². The molecule has 0 bridgehead atoms. The van der Waals surface area contributed by atoms with Gasteiger partial charge < -0.3 is 5.32 Å². The summed E-state index contributed by atoms with van der Waals surface area (Å²) in [4.78, 5) is 0. The second-order valence-electron chi connectivity index (χ2n) is 3.76. The summed E-state index contributed by atoms with van der Waals surface area (Å²) in [7, 11) is 0. The molecule has 1 N–H and O–H groups in total. The number of rotatable bonds is 5. The molecule has 0 saturated heterocycles. The molecular formula is C13H18ClN. The Kier molecular flexibility index (Phi) is 4.86. The highest BCUT2D eigenvalue weighted by Gasteiger charge is 2.04. The molecule has 0 saturated carbocycles. The molecule has 0 fully saturated rings. The van der Waals surface area contributed by atoms with E-state index in [1.807, 2.05) is 18.2 Å². The molecule has 0 aliphatic carbocycles. The van der Waals surface area contributed by atoms with Gasteiger partial charge in [-0.2, -0.15) is 0 Å². The van der Waals surface area contributed by atoms with Crippen molar-refractivity contribution in [2.45, 2.75) is 26.3 Å². The minimum atomic E-state index is 0.312. The van der Waals surface area contributed by atoms with Gasteiger partial charge in [0.25, 0.3) is 0 Å². The van der Waals surface area contributed by atoms with Crippen LogP contribution in [0.15, 0.2) is 36.4 Å². The third-order valence-corrected chi connectivity index (χ3v) is 2.74. The molecule has 15 heavy (non-hydrogen) atoms. The van der Waals surface area contributed by atoms with Crippen molar-refractivity contribution in [3.05, 3.63) is 47.0 Å². The lowest BCUT2D eigenvalue weighted by Crippen LogP contribution is -2.20. The molecule has 1 nitrogen and oxygen atoms in total. The fourth-order valence-electron chi connectivity index (χ4n) is 1.32. The predicted molar refractivity (Wildman–Crippen MR) is 67.3 cm³/mol. The van der Waals surface area contributed by atoms with Crippen LogP contribution < -0.4 is 5.32 Å². The van der Waals surface area contributed by atoms with E-state index in [0.29, 0.717) is 6.04 Å². The van der Waals surface area contributed by atoms with E-state index in [-0.39, 0.29) is 0 Å². The molecule has 1 unspecified atom stereocenters. The van der Waals surface area contributed by atoms with E-state index in [1.54, 1.807) is 0 Å². The van der Waals surface area contributed by atoms with Gasteiger partial charge in [0.2, 0.25) is 0 Å². The van der Waals surface area contributed by atoms with Crippen LogP contribution in [0.3, 0.4) is 0 Å². The number of hydrogen-bond acceptors (Lipinski definition) is 1. The van der Waals surface area contributed by atoms with Crippen molar-refractivity contribution in [3.8, 4) is 0 Å². The van der Waals surface area contributed by atoms with Gasteiger partial charge in [-0.05, 0) is 31.0 Å². The van der Waals surface area contributed by atoms with Gasteiger partial charge in [-0.15, -0.1) is 0 Å². The zero-order valence-corrected chi connectivity index (χ0v) is 10.1. The van der Waals surface area contributed by atoms with Crippen molar-refractivity contribution < 1.29 is 0 Å². The van der Waals surface area contributed by atoms with E-state index in [0.717, 1.165) is 18.0 Å². The summed E-state index contributed by atoms with van der Waals surface area (Å²) in [6.45, 7) is 9.09. The first-order chi connectivity index (χ1) is 7.13. The molecule has 0 aliphatic rings. The average molecular weight is 224 g/mol. The van der Waals surface area contributed by atoms with E-state index in [9.17, 15) is 0 Å². The van der Waals surface area contributed by atoms with Crippen molar-refractivity contribution in [1.29, 1.82) is 0 Å². The fourth-order valence-corrected chi connectivity index (χ4v) is 1.51. The fraction of sp³-hybridized carbons (Fsp3) is 0.385. The van der Waals surface area contributed by atoms with Crippen molar-refractivity contribution >= 4 is 11.6 Å². The largest absolute Gasteiger partial charge is 0.306 e. The molecule has 1 atom stereocenters. The maximum Gasteiger partial charge on any atom is 0.0409 e. The van der Waals surface area contributed by atoms with Gasteiger partial charge >= 0.3 is 0 Å². The minimum Gasteiger partial charge on any atom is -0.306 e. The lowest BCUT2D eigenvalue weighted by molar-refractivity contribution is 0.602. The molecule has 0 radical (unpaired) electrons. The Morgan fingerprint density at radius 2 is 2.27 bits per heavy atom. The Labute approximate surface area is 97.1 Å². The third kappa shape index (κ3) is 4.06. The number of benzene rings is 1. The van der Waals surface area contributed by atoms with Gasteiger partial charge in [-0.25, -0.2) is 0 Å². The number of nitrogens with one attached hydrogen (secondary N) is 1. The van der Waals surface area contributed by atoms with E-state index >= 15 is 0 Å². The van der Waals surface area contributed by atoms with Crippen molar-refractivity contribution in [2.24, 2.45) is 0 Å². The first-order valence-electron chi connectivity index (χ1n) is 5.29. The van der Waals surface area contributed by atoms with Crippen LogP contribution >= 0.6 is 11.6 Å². The molecule has 1 rings (SSSR count). The summed E-state index contributed by atoms with van der Waals surface area (Å²) in [5.74, 6) is 0. The first-order valence-corrected chi connectivity index (χ1v) is 5.66. The van der Waals surface area contributed by atoms with E-state index in [4.69, 9.17) is 11.6 Å². The van der Waals surface area contributed by atoms with Gasteiger partial charge in [0.05, 0.1) is 0 Å². The first kappa shape index (κ1) is 12.3. The molecule has 0 aromatic heterocycles.